The predicted molar refractivity (Wildman–Crippen MR) is 131 cm³/mol. The average Bonchev–Trinajstić information content (AvgIpc) is 2.84. The molecule has 2 unspecified atom stereocenters. The fourth-order valence-electron chi connectivity index (χ4n) is 4.60. The van der Waals surface area contributed by atoms with Crippen molar-refractivity contribution in [2.75, 3.05) is 56.4 Å². The van der Waals surface area contributed by atoms with Crippen LogP contribution in [-0.2, 0) is 16.0 Å². The Morgan fingerprint density at radius 1 is 0.939 bits per heavy atom. The number of anilines is 2. The molecule has 0 amide bonds. The second kappa shape index (κ2) is 9.59. The molecule has 0 spiro atoms. The number of nitrogens with zero attached hydrogens (tertiary/aromatic N) is 5. The maximum atomic E-state index is 5.68. The van der Waals surface area contributed by atoms with Gasteiger partial charge in [0.2, 0.25) is 5.95 Å². The van der Waals surface area contributed by atoms with Gasteiger partial charge < -0.3 is 24.6 Å². The third-order valence-corrected chi connectivity index (χ3v) is 6.40. The molecule has 1 N–H and O–H groups in total. The van der Waals surface area contributed by atoms with Crippen molar-refractivity contribution in [3.05, 3.63) is 42.0 Å². The van der Waals surface area contributed by atoms with Crippen LogP contribution in [0, 0.1) is 0 Å². The second-order valence-corrected chi connectivity index (χ2v) is 8.88. The first kappa shape index (κ1) is 22.0. The molecule has 0 aliphatic carbocycles. The van der Waals surface area contributed by atoms with Gasteiger partial charge in [0.1, 0.15) is 5.82 Å². The molecule has 2 fully saturated rings. The van der Waals surface area contributed by atoms with Gasteiger partial charge in [-0.15, -0.1) is 0 Å². The summed E-state index contributed by atoms with van der Waals surface area (Å²) < 4.78 is 11.3. The predicted octanol–water partition coefficient (Wildman–Crippen LogP) is 2.86. The van der Waals surface area contributed by atoms with Crippen molar-refractivity contribution in [2.24, 2.45) is 0 Å². The number of nitrogens with one attached hydrogen (secondary N) is 1. The van der Waals surface area contributed by atoms with Gasteiger partial charge in [0, 0.05) is 25.2 Å². The summed E-state index contributed by atoms with van der Waals surface area (Å²) in [6.07, 6.45) is 0. The summed E-state index contributed by atoms with van der Waals surface area (Å²) in [6, 6.07) is 13.1. The molecule has 0 saturated carbocycles. The number of rotatable bonds is 5. The summed E-state index contributed by atoms with van der Waals surface area (Å²) in [5.74, 6) is 1.66. The van der Waals surface area contributed by atoms with Crippen molar-refractivity contribution in [3.8, 4) is 11.3 Å². The molecule has 4 heterocycles. The van der Waals surface area contributed by atoms with Gasteiger partial charge in [0.05, 0.1) is 49.6 Å². The summed E-state index contributed by atoms with van der Waals surface area (Å²) >= 11 is 0. The lowest BCUT2D eigenvalue weighted by atomic mass is 10.1. The number of hydrogen-bond acceptors (Lipinski definition) is 8. The third-order valence-electron chi connectivity index (χ3n) is 6.40. The Labute approximate surface area is 194 Å². The quantitative estimate of drug-likeness (QED) is 0.639. The Hall–Kier alpha value is -2.81. The monoisotopic (exact) mass is 448 g/mol. The van der Waals surface area contributed by atoms with Crippen LogP contribution >= 0.6 is 0 Å². The van der Waals surface area contributed by atoms with Crippen LogP contribution < -0.4 is 15.1 Å². The molecular weight excluding hydrogens is 416 g/mol. The lowest BCUT2D eigenvalue weighted by molar-refractivity contribution is 0.0973. The van der Waals surface area contributed by atoms with Crippen molar-refractivity contribution in [1.29, 1.82) is 0 Å². The highest BCUT2D eigenvalue weighted by Crippen LogP contribution is 2.31. The molecule has 3 aromatic rings. The van der Waals surface area contributed by atoms with E-state index in [0.29, 0.717) is 26.4 Å². The van der Waals surface area contributed by atoms with Gasteiger partial charge in [0.25, 0.3) is 0 Å². The Bertz CT molecular complexity index is 1120. The highest BCUT2D eigenvalue weighted by Gasteiger charge is 2.27. The summed E-state index contributed by atoms with van der Waals surface area (Å²) in [5.41, 5.74) is 3.96. The summed E-state index contributed by atoms with van der Waals surface area (Å²) in [4.78, 5) is 19.6. The van der Waals surface area contributed by atoms with Crippen LogP contribution in [-0.4, -0.2) is 73.6 Å². The van der Waals surface area contributed by atoms with E-state index in [9.17, 15) is 0 Å². The average molecular weight is 449 g/mol. The number of morpholine rings is 2. The maximum Gasteiger partial charge on any atom is 0.229 e. The minimum Gasteiger partial charge on any atom is -0.377 e. The van der Waals surface area contributed by atoms with E-state index in [1.54, 1.807) is 0 Å². The van der Waals surface area contributed by atoms with Gasteiger partial charge in [-0.2, -0.15) is 9.97 Å². The number of hydrogen-bond donors (Lipinski definition) is 1. The molecule has 8 nitrogen and oxygen atoms in total. The Morgan fingerprint density at radius 2 is 1.70 bits per heavy atom. The first-order chi connectivity index (χ1) is 16.1. The van der Waals surface area contributed by atoms with E-state index in [0.717, 1.165) is 53.7 Å². The third kappa shape index (κ3) is 4.51. The molecule has 174 valence electrons. The van der Waals surface area contributed by atoms with E-state index in [1.807, 2.05) is 7.05 Å². The van der Waals surface area contributed by atoms with Gasteiger partial charge in [-0.25, -0.2) is 4.98 Å². The highest BCUT2D eigenvalue weighted by molar-refractivity contribution is 5.90. The van der Waals surface area contributed by atoms with Crippen molar-refractivity contribution in [1.82, 2.24) is 20.3 Å². The van der Waals surface area contributed by atoms with Crippen molar-refractivity contribution < 1.29 is 9.47 Å². The van der Waals surface area contributed by atoms with E-state index < -0.39 is 0 Å². The standard InChI is InChI=1S/C25H32N6O2/c1-17-15-32-11-9-30(17)24-21-7-8-22(20-6-4-5-19(13-20)14-26-3)27-23(21)28-25(29-24)31-10-12-33-16-18(31)2/h4-8,13,17-18,26H,9-12,14-16H2,1-3H3. The summed E-state index contributed by atoms with van der Waals surface area (Å²) in [5, 5.41) is 4.19. The number of ether oxygens (including phenoxy) is 2. The van der Waals surface area contributed by atoms with Crippen LogP contribution in [0.3, 0.4) is 0 Å². The van der Waals surface area contributed by atoms with Crippen LogP contribution in [0.5, 0.6) is 0 Å². The van der Waals surface area contributed by atoms with Crippen LogP contribution in [0.25, 0.3) is 22.3 Å². The number of benzene rings is 1. The summed E-state index contributed by atoms with van der Waals surface area (Å²) in [6.45, 7) is 9.48. The highest BCUT2D eigenvalue weighted by atomic mass is 16.5. The fourth-order valence-corrected chi connectivity index (χ4v) is 4.60. The van der Waals surface area contributed by atoms with Crippen LogP contribution in [0.15, 0.2) is 36.4 Å². The lowest BCUT2D eigenvalue weighted by Gasteiger charge is -2.37. The molecular formula is C25H32N6O2. The van der Waals surface area contributed by atoms with Gasteiger partial charge >= 0.3 is 0 Å². The van der Waals surface area contributed by atoms with Crippen LogP contribution in [0.4, 0.5) is 11.8 Å². The van der Waals surface area contributed by atoms with Crippen molar-refractivity contribution in [3.63, 3.8) is 0 Å². The number of fused-ring (bicyclic) bond motifs is 1. The fraction of sp³-hybridized carbons (Fsp3) is 0.480. The minimum absolute atomic E-state index is 0.215. The zero-order chi connectivity index (χ0) is 22.8. The largest absolute Gasteiger partial charge is 0.377 e. The molecule has 33 heavy (non-hydrogen) atoms. The van der Waals surface area contributed by atoms with Gasteiger partial charge in [-0.05, 0) is 44.7 Å². The van der Waals surface area contributed by atoms with E-state index in [-0.39, 0.29) is 12.1 Å². The van der Waals surface area contributed by atoms with E-state index in [2.05, 4.69) is 65.4 Å². The molecule has 0 radical (unpaired) electrons. The zero-order valence-corrected chi connectivity index (χ0v) is 19.6. The first-order valence-corrected chi connectivity index (χ1v) is 11.8. The SMILES string of the molecule is CNCc1cccc(-c2ccc3c(N4CCOCC4C)nc(N4CCOCC4C)nc3n2)c1. The Kier molecular flexibility index (Phi) is 6.39. The molecule has 2 atom stereocenters. The molecule has 5 rings (SSSR count). The van der Waals surface area contributed by atoms with E-state index >= 15 is 0 Å². The number of pyridine rings is 1. The normalized spacial score (nSPS) is 21.5. The zero-order valence-electron chi connectivity index (χ0n) is 19.6. The molecule has 0 bridgehead atoms. The molecule has 1 aromatic carbocycles. The molecule has 2 aromatic heterocycles. The second-order valence-electron chi connectivity index (χ2n) is 8.88. The molecule has 8 heteroatoms. The van der Waals surface area contributed by atoms with Gasteiger partial charge in [-0.1, -0.05) is 18.2 Å². The topological polar surface area (TPSA) is 75.6 Å². The van der Waals surface area contributed by atoms with Gasteiger partial charge in [0.15, 0.2) is 5.65 Å². The minimum atomic E-state index is 0.215. The molecule has 2 aliphatic heterocycles. The maximum absolute atomic E-state index is 5.68. The van der Waals surface area contributed by atoms with Crippen LogP contribution in [0.1, 0.15) is 19.4 Å². The van der Waals surface area contributed by atoms with Crippen LogP contribution in [0.2, 0.25) is 0 Å². The molecule has 2 aliphatic rings. The number of aromatic nitrogens is 3. The Morgan fingerprint density at radius 3 is 2.42 bits per heavy atom. The Balaban J connectivity index is 1.62. The van der Waals surface area contributed by atoms with Gasteiger partial charge in [-0.3, -0.25) is 0 Å². The van der Waals surface area contributed by atoms with E-state index in [4.69, 9.17) is 24.4 Å². The smallest absolute Gasteiger partial charge is 0.229 e. The summed E-state index contributed by atoms with van der Waals surface area (Å²) in [7, 11) is 1.96. The van der Waals surface area contributed by atoms with Crippen molar-refractivity contribution >= 4 is 22.8 Å². The van der Waals surface area contributed by atoms with Crippen molar-refractivity contribution in [2.45, 2.75) is 32.5 Å². The first-order valence-electron chi connectivity index (χ1n) is 11.8. The van der Waals surface area contributed by atoms with E-state index in [1.165, 1.54) is 5.56 Å². The lowest BCUT2D eigenvalue weighted by Crippen LogP contribution is -2.46. The molecule has 2 saturated heterocycles.